The lowest BCUT2D eigenvalue weighted by molar-refractivity contribution is -0.114. The number of aryl methyl sites for hydroxylation is 2. The Kier molecular flexibility index (Phi) is 6.87. The number of methoxy groups -OCH3 is 1. The summed E-state index contributed by atoms with van der Waals surface area (Å²) in [5, 5.41) is 3.16. The van der Waals surface area contributed by atoms with Crippen LogP contribution in [-0.4, -0.2) is 28.0 Å². The smallest absolute Gasteiger partial charge is 0.264 e. The zero-order valence-electron chi connectivity index (χ0n) is 17.4. The van der Waals surface area contributed by atoms with Crippen molar-refractivity contribution in [2.75, 3.05) is 23.3 Å². The third-order valence-electron chi connectivity index (χ3n) is 4.61. The number of nitrogens with one attached hydrogen (secondary N) is 1. The van der Waals surface area contributed by atoms with Gasteiger partial charge in [-0.1, -0.05) is 41.4 Å². The molecule has 0 spiro atoms. The van der Waals surface area contributed by atoms with Gasteiger partial charge in [-0.05, 0) is 61.9 Å². The fourth-order valence-electron chi connectivity index (χ4n) is 3.03. The molecule has 6 nitrogen and oxygen atoms in total. The summed E-state index contributed by atoms with van der Waals surface area (Å²) in [5.74, 6) is -0.168. The molecule has 0 aromatic heterocycles. The highest BCUT2D eigenvalue weighted by molar-refractivity contribution is 7.92. The van der Waals surface area contributed by atoms with Gasteiger partial charge < -0.3 is 10.1 Å². The molecule has 1 N–H and O–H groups in total. The van der Waals surface area contributed by atoms with E-state index in [9.17, 15) is 13.2 Å². The van der Waals surface area contributed by atoms with Crippen LogP contribution in [0.25, 0.3) is 0 Å². The lowest BCUT2D eigenvalue weighted by Crippen LogP contribution is -2.38. The molecule has 0 unspecified atom stereocenters. The van der Waals surface area contributed by atoms with Crippen LogP contribution in [0.2, 0.25) is 5.02 Å². The largest absolute Gasteiger partial charge is 0.495 e. The number of nitrogens with zero attached hydrogens (tertiary/aromatic N) is 1. The summed E-state index contributed by atoms with van der Waals surface area (Å²) < 4.78 is 33.5. The minimum Gasteiger partial charge on any atom is -0.495 e. The van der Waals surface area contributed by atoms with Gasteiger partial charge in [0.1, 0.15) is 12.3 Å². The van der Waals surface area contributed by atoms with Crippen LogP contribution in [-0.2, 0) is 14.8 Å². The van der Waals surface area contributed by atoms with Gasteiger partial charge in [-0.2, -0.15) is 0 Å². The molecule has 162 valence electrons. The number of hydrogen-bond acceptors (Lipinski definition) is 4. The molecule has 0 aliphatic heterocycles. The van der Waals surface area contributed by atoms with Crippen molar-refractivity contribution >= 4 is 38.9 Å². The standard InChI is InChI=1S/C23H23ClN2O4S/c1-16-7-10-20(11-8-16)31(28,29)26(21-13-17(2)9-12-22(21)30-3)15-23(27)25-19-6-4-5-18(24)14-19/h4-14H,15H2,1-3H3,(H,25,27). The Morgan fingerprint density at radius 2 is 1.68 bits per heavy atom. The highest BCUT2D eigenvalue weighted by Gasteiger charge is 2.29. The van der Waals surface area contributed by atoms with Crippen LogP contribution in [0.1, 0.15) is 11.1 Å². The third-order valence-corrected chi connectivity index (χ3v) is 6.62. The number of carbonyl (C=O) groups is 1. The van der Waals surface area contributed by atoms with Crippen LogP contribution in [0, 0.1) is 13.8 Å². The monoisotopic (exact) mass is 458 g/mol. The maximum atomic E-state index is 13.5. The van der Waals surface area contributed by atoms with Crippen LogP contribution in [0.4, 0.5) is 11.4 Å². The second kappa shape index (κ2) is 9.41. The summed E-state index contributed by atoms with van der Waals surface area (Å²) in [6.45, 7) is 3.27. The molecule has 31 heavy (non-hydrogen) atoms. The summed E-state index contributed by atoms with van der Waals surface area (Å²) in [7, 11) is -2.59. The summed E-state index contributed by atoms with van der Waals surface area (Å²) in [6, 6.07) is 18.3. The molecule has 0 bridgehead atoms. The van der Waals surface area contributed by atoms with Gasteiger partial charge in [0, 0.05) is 10.7 Å². The molecular formula is C23H23ClN2O4S. The van der Waals surface area contributed by atoms with Gasteiger partial charge in [-0.15, -0.1) is 0 Å². The summed E-state index contributed by atoms with van der Waals surface area (Å²) in [6.07, 6.45) is 0. The van der Waals surface area contributed by atoms with Gasteiger partial charge in [0.05, 0.1) is 17.7 Å². The first-order valence-corrected chi connectivity index (χ1v) is 11.3. The van der Waals surface area contributed by atoms with Gasteiger partial charge in [0.2, 0.25) is 5.91 Å². The SMILES string of the molecule is COc1ccc(C)cc1N(CC(=O)Nc1cccc(Cl)c1)S(=O)(=O)c1ccc(C)cc1. The average Bonchev–Trinajstić information content (AvgIpc) is 2.72. The zero-order valence-corrected chi connectivity index (χ0v) is 19.0. The number of sulfonamides is 1. The van der Waals surface area contributed by atoms with Crippen molar-refractivity contribution in [2.45, 2.75) is 18.7 Å². The Balaban J connectivity index is 2.03. The van der Waals surface area contributed by atoms with E-state index in [1.807, 2.05) is 19.9 Å². The molecule has 0 aliphatic rings. The molecule has 3 aromatic rings. The van der Waals surface area contributed by atoms with Crippen molar-refractivity contribution in [3.63, 3.8) is 0 Å². The molecule has 1 amide bonds. The molecule has 3 aromatic carbocycles. The Morgan fingerprint density at radius 3 is 2.32 bits per heavy atom. The fourth-order valence-corrected chi connectivity index (χ4v) is 4.64. The van der Waals surface area contributed by atoms with Crippen LogP contribution < -0.4 is 14.4 Å². The topological polar surface area (TPSA) is 75.7 Å². The maximum absolute atomic E-state index is 13.5. The van der Waals surface area contributed by atoms with E-state index in [4.69, 9.17) is 16.3 Å². The van der Waals surface area contributed by atoms with Crippen molar-refractivity contribution in [1.82, 2.24) is 0 Å². The second-order valence-electron chi connectivity index (χ2n) is 7.06. The molecule has 0 radical (unpaired) electrons. The first-order valence-electron chi connectivity index (χ1n) is 9.50. The molecule has 0 aliphatic carbocycles. The van der Waals surface area contributed by atoms with E-state index in [-0.39, 0.29) is 10.6 Å². The number of hydrogen-bond donors (Lipinski definition) is 1. The van der Waals surface area contributed by atoms with Crippen LogP contribution in [0.5, 0.6) is 5.75 Å². The normalized spacial score (nSPS) is 11.1. The highest BCUT2D eigenvalue weighted by Crippen LogP contribution is 2.33. The minimum atomic E-state index is -4.05. The molecule has 0 heterocycles. The zero-order chi connectivity index (χ0) is 22.6. The first kappa shape index (κ1) is 22.7. The van der Waals surface area contributed by atoms with Crippen molar-refractivity contribution in [3.8, 4) is 5.75 Å². The van der Waals surface area contributed by atoms with E-state index in [1.54, 1.807) is 48.5 Å². The van der Waals surface area contributed by atoms with E-state index in [1.165, 1.54) is 19.2 Å². The predicted molar refractivity (Wildman–Crippen MR) is 124 cm³/mol. The van der Waals surface area contributed by atoms with Crippen molar-refractivity contribution in [3.05, 3.63) is 82.9 Å². The number of amides is 1. The van der Waals surface area contributed by atoms with Gasteiger partial charge in [-0.25, -0.2) is 8.42 Å². The van der Waals surface area contributed by atoms with Gasteiger partial charge in [0.25, 0.3) is 10.0 Å². The number of benzene rings is 3. The lowest BCUT2D eigenvalue weighted by atomic mass is 10.2. The number of anilines is 2. The van der Waals surface area contributed by atoms with Crippen molar-refractivity contribution in [2.24, 2.45) is 0 Å². The van der Waals surface area contributed by atoms with E-state index in [0.717, 1.165) is 15.4 Å². The Hall–Kier alpha value is -3.03. The van der Waals surface area contributed by atoms with Gasteiger partial charge in [0.15, 0.2) is 0 Å². The van der Waals surface area contributed by atoms with E-state index in [2.05, 4.69) is 5.32 Å². The first-order chi connectivity index (χ1) is 14.7. The van der Waals surface area contributed by atoms with Crippen molar-refractivity contribution in [1.29, 1.82) is 0 Å². The second-order valence-corrected chi connectivity index (χ2v) is 9.36. The van der Waals surface area contributed by atoms with Crippen LogP contribution >= 0.6 is 11.6 Å². The molecule has 3 rings (SSSR count). The highest BCUT2D eigenvalue weighted by atomic mass is 35.5. The van der Waals surface area contributed by atoms with E-state index in [0.29, 0.717) is 16.5 Å². The van der Waals surface area contributed by atoms with E-state index >= 15 is 0 Å². The molecular weight excluding hydrogens is 436 g/mol. The molecule has 8 heteroatoms. The summed E-state index contributed by atoms with van der Waals surface area (Å²) >= 11 is 5.98. The molecule has 0 fully saturated rings. The average molecular weight is 459 g/mol. The van der Waals surface area contributed by atoms with Crippen LogP contribution in [0.15, 0.2) is 71.6 Å². The van der Waals surface area contributed by atoms with Crippen LogP contribution in [0.3, 0.4) is 0 Å². The Morgan fingerprint density at radius 1 is 1.00 bits per heavy atom. The number of carbonyl (C=O) groups excluding carboxylic acids is 1. The van der Waals surface area contributed by atoms with Crippen molar-refractivity contribution < 1.29 is 17.9 Å². The number of rotatable bonds is 7. The van der Waals surface area contributed by atoms with Gasteiger partial charge >= 0.3 is 0 Å². The Labute approximate surface area is 187 Å². The quantitative estimate of drug-likeness (QED) is 0.551. The number of ether oxygens (including phenoxy) is 1. The fraction of sp³-hybridized carbons (Fsp3) is 0.174. The number of halogens is 1. The summed E-state index contributed by atoms with van der Waals surface area (Å²) in [4.78, 5) is 12.9. The summed E-state index contributed by atoms with van der Waals surface area (Å²) in [5.41, 5.74) is 2.51. The maximum Gasteiger partial charge on any atom is 0.264 e. The predicted octanol–water partition coefficient (Wildman–Crippen LogP) is 4.80. The lowest BCUT2D eigenvalue weighted by Gasteiger charge is -2.26. The van der Waals surface area contributed by atoms with Gasteiger partial charge in [-0.3, -0.25) is 9.10 Å². The minimum absolute atomic E-state index is 0.0808. The molecule has 0 saturated heterocycles. The third kappa shape index (κ3) is 5.37. The van der Waals surface area contributed by atoms with E-state index < -0.39 is 22.5 Å². The molecule has 0 saturated carbocycles. The Bertz CT molecular complexity index is 1190. The molecule has 0 atom stereocenters.